The smallest absolute Gasteiger partial charge is 0.417 e. The number of benzene rings is 1. The number of ether oxygens (including phenoxy) is 1. The number of hydrogen-bond acceptors (Lipinski definition) is 5. The quantitative estimate of drug-likeness (QED) is 0.412. The summed E-state index contributed by atoms with van der Waals surface area (Å²) in [6.07, 6.45) is 2.54. The normalized spacial score (nSPS) is 17.3. The van der Waals surface area contributed by atoms with E-state index in [-0.39, 0.29) is 37.8 Å². The third kappa shape index (κ3) is 4.92. The van der Waals surface area contributed by atoms with E-state index in [2.05, 4.69) is 4.98 Å². The molecule has 7 nitrogen and oxygen atoms in total. The molecule has 1 aliphatic carbocycles. The number of hydrogen-bond donors (Lipinski definition) is 0. The fraction of sp³-hybridized carbons (Fsp3) is 0.444. The van der Waals surface area contributed by atoms with Crippen LogP contribution in [0.3, 0.4) is 0 Å². The van der Waals surface area contributed by atoms with E-state index in [0.29, 0.717) is 35.8 Å². The number of rotatable bonds is 6. The average Bonchev–Trinajstić information content (AvgIpc) is 3.63. The van der Waals surface area contributed by atoms with Crippen LogP contribution in [-0.2, 0) is 0 Å². The van der Waals surface area contributed by atoms with Gasteiger partial charge >= 0.3 is 6.09 Å². The number of likely N-dealkylation sites (tertiary alicyclic amines) is 1. The van der Waals surface area contributed by atoms with E-state index in [1.54, 1.807) is 23.1 Å². The summed E-state index contributed by atoms with van der Waals surface area (Å²) in [5.41, 5.74) is 3.68. The summed E-state index contributed by atoms with van der Waals surface area (Å²) in [7, 11) is 0. The van der Waals surface area contributed by atoms with Crippen molar-refractivity contribution in [2.24, 2.45) is 0 Å². The molecule has 0 unspecified atom stereocenters. The molecule has 3 heterocycles. The maximum absolute atomic E-state index is 13.4. The van der Waals surface area contributed by atoms with Crippen molar-refractivity contribution in [3.05, 3.63) is 47.7 Å². The second-order valence-electron chi connectivity index (χ2n) is 9.44. The van der Waals surface area contributed by atoms with E-state index in [1.165, 1.54) is 11.1 Å². The number of pyridine rings is 1. The maximum atomic E-state index is 13.4. The van der Waals surface area contributed by atoms with E-state index in [0.717, 1.165) is 29.4 Å². The molecule has 2 aromatic heterocycles. The first kappa shape index (κ1) is 24.2. The first-order valence-electron chi connectivity index (χ1n) is 12.5. The van der Waals surface area contributed by atoms with E-state index in [4.69, 9.17) is 9.15 Å². The number of amides is 2. The second kappa shape index (κ2) is 9.52. The molecule has 2 fully saturated rings. The number of aromatic nitrogens is 1. The molecule has 1 saturated heterocycles. The minimum absolute atomic E-state index is 0.0384. The molecular formula is C27H29F2N3O4. The summed E-state index contributed by atoms with van der Waals surface area (Å²) in [5, 5.41) is 0.813. The Labute approximate surface area is 208 Å². The second-order valence-corrected chi connectivity index (χ2v) is 9.44. The Balaban J connectivity index is 1.39. The van der Waals surface area contributed by atoms with Gasteiger partial charge < -0.3 is 19.0 Å². The van der Waals surface area contributed by atoms with Gasteiger partial charge in [0, 0.05) is 62.2 Å². The molecule has 1 aromatic carbocycles. The SMILES string of the molecule is CCN(CC)C(=O)Oc1cc2cc(-c3ccc(C(=O)N4CCC(F)(F)CC4)cn3)cc(C3CC3)c2o1. The molecule has 1 aliphatic heterocycles. The molecule has 5 rings (SSSR count). The van der Waals surface area contributed by atoms with Crippen LogP contribution in [0.4, 0.5) is 13.6 Å². The fourth-order valence-electron chi connectivity index (χ4n) is 4.60. The van der Waals surface area contributed by atoms with Crippen LogP contribution in [-0.4, -0.2) is 58.9 Å². The number of halogens is 2. The molecule has 0 bridgehead atoms. The van der Waals surface area contributed by atoms with Gasteiger partial charge in [-0.15, -0.1) is 0 Å². The first-order valence-corrected chi connectivity index (χ1v) is 12.5. The van der Waals surface area contributed by atoms with Gasteiger partial charge in [-0.3, -0.25) is 9.78 Å². The van der Waals surface area contributed by atoms with Gasteiger partial charge in [-0.05, 0) is 62.4 Å². The van der Waals surface area contributed by atoms with E-state index in [1.807, 2.05) is 26.0 Å². The lowest BCUT2D eigenvalue weighted by Gasteiger charge is -2.31. The van der Waals surface area contributed by atoms with Crippen LogP contribution >= 0.6 is 0 Å². The highest BCUT2D eigenvalue weighted by atomic mass is 19.3. The molecule has 1 saturated carbocycles. The summed E-state index contributed by atoms with van der Waals surface area (Å²) < 4.78 is 38.3. The number of piperidine rings is 1. The standard InChI is InChI=1S/C27H29F2N3O4/c1-3-31(4-2)26(34)36-23-15-20-13-19(14-21(17-5-6-17)24(20)35-23)22-8-7-18(16-30-22)25(33)32-11-9-27(28,29)10-12-32/h7-8,13-17H,3-6,9-12H2,1-2H3. The highest BCUT2D eigenvalue weighted by molar-refractivity contribution is 5.94. The van der Waals surface area contributed by atoms with Crippen molar-refractivity contribution in [3.63, 3.8) is 0 Å². The van der Waals surface area contributed by atoms with Crippen molar-refractivity contribution in [2.75, 3.05) is 26.2 Å². The van der Waals surface area contributed by atoms with Gasteiger partial charge in [-0.2, -0.15) is 0 Å². The molecule has 0 radical (unpaired) electrons. The van der Waals surface area contributed by atoms with Gasteiger partial charge in [-0.25, -0.2) is 13.6 Å². The predicted octanol–water partition coefficient (Wildman–Crippen LogP) is 6.08. The summed E-state index contributed by atoms with van der Waals surface area (Å²) >= 11 is 0. The first-order chi connectivity index (χ1) is 17.3. The van der Waals surface area contributed by atoms with Gasteiger partial charge in [0.15, 0.2) is 0 Å². The third-order valence-corrected chi connectivity index (χ3v) is 6.94. The zero-order valence-corrected chi connectivity index (χ0v) is 20.4. The number of carbonyl (C=O) groups excluding carboxylic acids is 2. The topological polar surface area (TPSA) is 75.9 Å². The minimum Gasteiger partial charge on any atom is -0.425 e. The predicted molar refractivity (Wildman–Crippen MR) is 130 cm³/mol. The third-order valence-electron chi connectivity index (χ3n) is 6.94. The number of fused-ring (bicyclic) bond motifs is 1. The summed E-state index contributed by atoms with van der Waals surface area (Å²) in [4.78, 5) is 32.7. The number of nitrogens with zero attached hydrogens (tertiary/aromatic N) is 3. The monoisotopic (exact) mass is 497 g/mol. The van der Waals surface area contributed by atoms with Crippen molar-refractivity contribution in [1.29, 1.82) is 0 Å². The zero-order chi connectivity index (χ0) is 25.4. The summed E-state index contributed by atoms with van der Waals surface area (Å²) in [5.74, 6) is -2.45. The van der Waals surface area contributed by atoms with E-state index < -0.39 is 12.0 Å². The Kier molecular flexibility index (Phi) is 6.40. The van der Waals surface area contributed by atoms with Crippen molar-refractivity contribution < 1.29 is 27.5 Å². The number of alkyl halides is 2. The van der Waals surface area contributed by atoms with Crippen molar-refractivity contribution in [2.45, 2.75) is 51.4 Å². The molecule has 190 valence electrons. The highest BCUT2D eigenvalue weighted by Crippen LogP contribution is 2.46. The number of carbonyl (C=O) groups is 2. The summed E-state index contributed by atoms with van der Waals surface area (Å²) in [6, 6.07) is 9.14. The zero-order valence-electron chi connectivity index (χ0n) is 20.4. The fourth-order valence-corrected chi connectivity index (χ4v) is 4.60. The van der Waals surface area contributed by atoms with Crippen LogP contribution in [0.5, 0.6) is 5.95 Å². The summed E-state index contributed by atoms with van der Waals surface area (Å²) in [6.45, 7) is 4.94. The minimum atomic E-state index is -2.70. The molecule has 3 aromatic rings. The lowest BCUT2D eigenvalue weighted by Crippen LogP contribution is -2.42. The van der Waals surface area contributed by atoms with Crippen LogP contribution in [0.25, 0.3) is 22.2 Å². The lowest BCUT2D eigenvalue weighted by atomic mass is 10.0. The Hall–Kier alpha value is -3.49. The molecule has 0 N–H and O–H groups in total. The Morgan fingerprint density at radius 3 is 2.47 bits per heavy atom. The van der Waals surface area contributed by atoms with Crippen LogP contribution in [0.1, 0.15) is 61.4 Å². The Bertz CT molecular complexity index is 1270. The van der Waals surface area contributed by atoms with Gasteiger partial charge in [0.2, 0.25) is 0 Å². The lowest BCUT2D eigenvalue weighted by molar-refractivity contribution is -0.0494. The van der Waals surface area contributed by atoms with Gasteiger partial charge in [0.05, 0.1) is 11.3 Å². The molecular weight excluding hydrogens is 468 g/mol. The maximum Gasteiger partial charge on any atom is 0.417 e. The molecule has 0 atom stereocenters. The van der Waals surface area contributed by atoms with Crippen LogP contribution in [0.15, 0.2) is 40.9 Å². The highest BCUT2D eigenvalue weighted by Gasteiger charge is 2.36. The van der Waals surface area contributed by atoms with Crippen molar-refractivity contribution >= 4 is 23.0 Å². The largest absolute Gasteiger partial charge is 0.425 e. The molecule has 0 spiro atoms. The number of furan rings is 1. The van der Waals surface area contributed by atoms with Crippen LogP contribution < -0.4 is 4.74 Å². The van der Waals surface area contributed by atoms with Crippen molar-refractivity contribution in [1.82, 2.24) is 14.8 Å². The van der Waals surface area contributed by atoms with Gasteiger partial charge in [-0.1, -0.05) is 0 Å². The molecule has 2 amide bonds. The van der Waals surface area contributed by atoms with Crippen molar-refractivity contribution in [3.8, 4) is 17.2 Å². The average molecular weight is 498 g/mol. The van der Waals surface area contributed by atoms with Crippen LogP contribution in [0, 0.1) is 0 Å². The van der Waals surface area contributed by atoms with E-state index in [9.17, 15) is 18.4 Å². The molecule has 36 heavy (non-hydrogen) atoms. The Morgan fingerprint density at radius 2 is 1.86 bits per heavy atom. The molecule has 2 aliphatic rings. The van der Waals surface area contributed by atoms with Gasteiger partial charge in [0.1, 0.15) is 5.58 Å². The van der Waals surface area contributed by atoms with Crippen LogP contribution in [0.2, 0.25) is 0 Å². The van der Waals surface area contributed by atoms with E-state index >= 15 is 0 Å². The van der Waals surface area contributed by atoms with Gasteiger partial charge in [0.25, 0.3) is 17.8 Å². The molecule has 9 heteroatoms. The Morgan fingerprint density at radius 1 is 1.14 bits per heavy atom.